The van der Waals surface area contributed by atoms with Crippen LogP contribution >= 0.6 is 0 Å². The monoisotopic (exact) mass is 316 g/mol. The lowest BCUT2D eigenvalue weighted by Crippen LogP contribution is -2.22. The lowest BCUT2D eigenvalue weighted by Gasteiger charge is -2.11. The molecule has 112 valence electrons. The summed E-state index contributed by atoms with van der Waals surface area (Å²) in [5.74, 6) is 0.232. The van der Waals surface area contributed by atoms with Crippen molar-refractivity contribution in [2.45, 2.75) is 22.8 Å². The lowest BCUT2D eigenvalue weighted by molar-refractivity contribution is 0.488. The highest BCUT2D eigenvalue weighted by atomic mass is 32.2. The van der Waals surface area contributed by atoms with Crippen molar-refractivity contribution in [3.63, 3.8) is 0 Å². The van der Waals surface area contributed by atoms with Gasteiger partial charge >= 0.3 is 0 Å². The van der Waals surface area contributed by atoms with Crippen molar-refractivity contribution in [2.24, 2.45) is 0 Å². The molecular formula is C16H13FN2O2S. The summed E-state index contributed by atoms with van der Waals surface area (Å²) in [7, 11) is 0. The molecule has 22 heavy (non-hydrogen) atoms. The van der Waals surface area contributed by atoms with Crippen LogP contribution in [0.5, 0.6) is 0 Å². The Hall–Kier alpha value is -1.89. The molecule has 1 N–H and O–H groups in total. The minimum atomic E-state index is -1.59. The fourth-order valence-corrected chi connectivity index (χ4v) is 3.84. The van der Waals surface area contributed by atoms with Gasteiger partial charge in [-0.25, -0.2) is 4.98 Å². The molecule has 3 aromatic rings. The summed E-state index contributed by atoms with van der Waals surface area (Å²) in [5.41, 5.74) is 1.93. The minimum absolute atomic E-state index is 0.0980. The number of hydrogen-bond donors (Lipinski definition) is 1. The van der Waals surface area contributed by atoms with Gasteiger partial charge < -0.3 is 14.3 Å². The van der Waals surface area contributed by atoms with E-state index in [0.717, 1.165) is 35.3 Å². The van der Waals surface area contributed by atoms with Crippen molar-refractivity contribution in [2.75, 3.05) is 6.54 Å². The summed E-state index contributed by atoms with van der Waals surface area (Å²) in [6.45, 7) is 1.60. The third kappa shape index (κ3) is 2.20. The van der Waals surface area contributed by atoms with Gasteiger partial charge in [0.2, 0.25) is 4.90 Å². The Morgan fingerprint density at radius 3 is 3.09 bits per heavy atom. The summed E-state index contributed by atoms with van der Waals surface area (Å²) >= 11 is -1.59. The Balaban J connectivity index is 1.81. The van der Waals surface area contributed by atoms with Crippen LogP contribution in [0, 0.1) is 5.95 Å². The van der Waals surface area contributed by atoms with Gasteiger partial charge in [-0.3, -0.25) is 0 Å². The molecule has 6 heteroatoms. The molecule has 0 saturated carbocycles. The fourth-order valence-electron chi connectivity index (χ4n) is 2.76. The first kappa shape index (κ1) is 13.8. The molecule has 0 bridgehead atoms. The Morgan fingerprint density at radius 2 is 2.23 bits per heavy atom. The van der Waals surface area contributed by atoms with Crippen LogP contribution in [-0.2, 0) is 24.1 Å². The van der Waals surface area contributed by atoms with Gasteiger partial charge in [0, 0.05) is 40.5 Å². The molecule has 2 aromatic heterocycles. The molecule has 1 aromatic carbocycles. The second-order valence-corrected chi connectivity index (χ2v) is 6.60. The summed E-state index contributed by atoms with van der Waals surface area (Å²) in [5, 5.41) is 4.23. The van der Waals surface area contributed by atoms with E-state index in [-0.39, 0.29) is 4.90 Å². The topological polar surface area (TPSA) is 61.1 Å². The van der Waals surface area contributed by atoms with E-state index >= 15 is 0 Å². The highest BCUT2D eigenvalue weighted by molar-refractivity contribution is 7.91. The predicted molar refractivity (Wildman–Crippen MR) is 80.5 cm³/mol. The molecule has 3 heterocycles. The Labute approximate surface area is 129 Å². The first-order valence-corrected chi connectivity index (χ1v) is 8.16. The fraction of sp³-hybridized carbons (Fsp3) is 0.188. The van der Waals surface area contributed by atoms with E-state index in [9.17, 15) is 8.94 Å². The molecule has 0 fully saturated rings. The maximum absolute atomic E-state index is 13.7. The summed E-state index contributed by atoms with van der Waals surface area (Å²) in [4.78, 5) is 4.22. The normalized spacial score (nSPS) is 15.7. The molecule has 0 radical (unpaired) electrons. The van der Waals surface area contributed by atoms with Crippen molar-refractivity contribution in [3.05, 3.63) is 53.8 Å². The van der Waals surface area contributed by atoms with E-state index in [0.29, 0.717) is 11.4 Å². The Kier molecular flexibility index (Phi) is 3.37. The van der Waals surface area contributed by atoms with Crippen molar-refractivity contribution in [1.82, 2.24) is 10.3 Å². The second kappa shape index (κ2) is 5.39. The van der Waals surface area contributed by atoms with Crippen LogP contribution < -0.4 is 5.32 Å². The standard InChI is InChI=1S/C16H13FN2O2S/c17-16-15(2-1-6-19-16)22(20)10-3-4-13-12(8-10)11-5-7-18-9-14(11)21-13/h1-4,6,8,18H,5,7,9H2. The number of rotatable bonds is 2. The SMILES string of the molecule is [O-][S+](c1ccc2oc3c(c2c1)CCNC3)c1cccnc1F. The highest BCUT2D eigenvalue weighted by Gasteiger charge is 2.23. The number of fused-ring (bicyclic) bond motifs is 3. The average molecular weight is 316 g/mol. The molecule has 4 rings (SSSR count). The first-order chi connectivity index (χ1) is 10.7. The minimum Gasteiger partial charge on any atom is -0.606 e. The molecule has 1 aliphatic rings. The number of hydrogen-bond acceptors (Lipinski definition) is 4. The van der Waals surface area contributed by atoms with Crippen molar-refractivity contribution < 1.29 is 13.4 Å². The maximum atomic E-state index is 13.7. The van der Waals surface area contributed by atoms with Crippen molar-refractivity contribution in [3.8, 4) is 0 Å². The molecule has 4 nitrogen and oxygen atoms in total. The third-order valence-electron chi connectivity index (χ3n) is 3.82. The second-order valence-electron chi connectivity index (χ2n) is 5.15. The van der Waals surface area contributed by atoms with Crippen molar-refractivity contribution in [1.29, 1.82) is 0 Å². The maximum Gasteiger partial charge on any atom is 0.268 e. The van der Waals surface area contributed by atoms with Crippen molar-refractivity contribution >= 4 is 22.1 Å². The van der Waals surface area contributed by atoms with Crippen LogP contribution in [-0.4, -0.2) is 16.1 Å². The van der Waals surface area contributed by atoms with E-state index in [2.05, 4.69) is 10.3 Å². The largest absolute Gasteiger partial charge is 0.606 e. The summed E-state index contributed by atoms with van der Waals surface area (Å²) in [6, 6.07) is 8.44. The van der Waals surface area contributed by atoms with Gasteiger partial charge in [-0.1, -0.05) is 0 Å². The van der Waals surface area contributed by atoms with Gasteiger partial charge in [0.25, 0.3) is 5.95 Å². The summed E-state index contributed by atoms with van der Waals surface area (Å²) < 4.78 is 32.1. The van der Waals surface area contributed by atoms with Gasteiger partial charge in [-0.15, -0.1) is 0 Å². The quantitative estimate of drug-likeness (QED) is 0.583. The van der Waals surface area contributed by atoms with Gasteiger partial charge in [0.05, 0.1) is 6.54 Å². The van der Waals surface area contributed by atoms with Gasteiger partial charge in [-0.2, -0.15) is 4.39 Å². The molecule has 0 amide bonds. The van der Waals surface area contributed by atoms with E-state index < -0.39 is 17.1 Å². The van der Waals surface area contributed by atoms with E-state index in [1.807, 2.05) is 6.07 Å². The number of pyridine rings is 1. The van der Waals surface area contributed by atoms with Gasteiger partial charge in [0.1, 0.15) is 11.3 Å². The van der Waals surface area contributed by atoms with Crippen LogP contribution in [0.15, 0.2) is 50.7 Å². The number of aromatic nitrogens is 1. The zero-order chi connectivity index (χ0) is 15.1. The van der Waals surface area contributed by atoms with E-state index in [1.165, 1.54) is 12.3 Å². The molecule has 0 spiro atoms. The summed E-state index contributed by atoms with van der Waals surface area (Å²) in [6.07, 6.45) is 2.22. The van der Waals surface area contributed by atoms with Gasteiger partial charge in [0.15, 0.2) is 4.90 Å². The third-order valence-corrected chi connectivity index (χ3v) is 5.21. The molecular weight excluding hydrogens is 303 g/mol. The number of benzene rings is 1. The number of nitrogens with one attached hydrogen (secondary N) is 1. The van der Waals surface area contributed by atoms with E-state index in [1.54, 1.807) is 18.2 Å². The molecule has 1 unspecified atom stereocenters. The lowest BCUT2D eigenvalue weighted by atomic mass is 10.1. The average Bonchev–Trinajstić information content (AvgIpc) is 2.92. The number of halogens is 1. The van der Waals surface area contributed by atoms with Crippen LogP contribution in [0.4, 0.5) is 4.39 Å². The van der Waals surface area contributed by atoms with Crippen LogP contribution in [0.3, 0.4) is 0 Å². The molecule has 1 atom stereocenters. The zero-order valence-electron chi connectivity index (χ0n) is 11.6. The number of nitrogens with zero attached hydrogens (tertiary/aromatic N) is 1. The smallest absolute Gasteiger partial charge is 0.268 e. The zero-order valence-corrected chi connectivity index (χ0v) is 12.5. The first-order valence-electron chi connectivity index (χ1n) is 7.01. The number of furan rings is 1. The molecule has 1 aliphatic heterocycles. The highest BCUT2D eigenvalue weighted by Crippen LogP contribution is 2.32. The van der Waals surface area contributed by atoms with Gasteiger partial charge in [-0.05, 0) is 31.2 Å². The molecule has 0 aliphatic carbocycles. The van der Waals surface area contributed by atoms with E-state index in [4.69, 9.17) is 4.42 Å². The molecule has 0 saturated heterocycles. The Bertz CT molecular complexity index is 849. The van der Waals surface area contributed by atoms with Crippen LogP contribution in [0.2, 0.25) is 0 Å². The predicted octanol–water partition coefficient (Wildman–Crippen LogP) is 2.78. The van der Waals surface area contributed by atoms with Crippen LogP contribution in [0.25, 0.3) is 11.0 Å². The Morgan fingerprint density at radius 1 is 1.32 bits per heavy atom. The van der Waals surface area contributed by atoms with Crippen LogP contribution in [0.1, 0.15) is 11.3 Å².